The predicted octanol–water partition coefficient (Wildman–Crippen LogP) is 2.44. The lowest BCUT2D eigenvalue weighted by Crippen LogP contribution is -2.19. The fourth-order valence-electron chi connectivity index (χ4n) is 1.06. The van der Waals surface area contributed by atoms with Gasteiger partial charge in [-0.3, -0.25) is 0 Å². The molecular formula is C10H8F4O4. The molecule has 0 fully saturated rings. The second-order valence-corrected chi connectivity index (χ2v) is 3.17. The van der Waals surface area contributed by atoms with Gasteiger partial charge in [0.15, 0.2) is 6.79 Å². The summed E-state index contributed by atoms with van der Waals surface area (Å²) in [5.41, 5.74) is -0.495. The van der Waals surface area contributed by atoms with Crippen molar-refractivity contribution in [2.45, 2.75) is 6.18 Å². The third-order valence-corrected chi connectivity index (χ3v) is 1.74. The Morgan fingerprint density at radius 3 is 2.56 bits per heavy atom. The Labute approximate surface area is 98.7 Å². The van der Waals surface area contributed by atoms with Gasteiger partial charge in [-0.2, -0.15) is 13.2 Å². The van der Waals surface area contributed by atoms with Crippen LogP contribution in [0.1, 0.15) is 10.4 Å². The van der Waals surface area contributed by atoms with Gasteiger partial charge in [0.2, 0.25) is 0 Å². The van der Waals surface area contributed by atoms with Crippen molar-refractivity contribution < 1.29 is 36.9 Å². The molecule has 4 nitrogen and oxygen atoms in total. The minimum Gasteiger partial charge on any atom is -0.478 e. The van der Waals surface area contributed by atoms with Crippen LogP contribution in [-0.4, -0.2) is 30.7 Å². The van der Waals surface area contributed by atoms with Gasteiger partial charge < -0.3 is 14.6 Å². The molecule has 0 unspecified atom stereocenters. The molecule has 0 radical (unpaired) electrons. The summed E-state index contributed by atoms with van der Waals surface area (Å²) >= 11 is 0. The molecule has 0 heterocycles. The molecule has 0 spiro atoms. The summed E-state index contributed by atoms with van der Waals surface area (Å²) in [4.78, 5) is 10.7. The molecule has 0 aliphatic carbocycles. The minimum absolute atomic E-state index is 0.272. The molecule has 100 valence electrons. The Balaban J connectivity index is 2.59. The molecule has 0 saturated heterocycles. The van der Waals surface area contributed by atoms with Crippen LogP contribution >= 0.6 is 0 Å². The van der Waals surface area contributed by atoms with Crippen molar-refractivity contribution in [3.05, 3.63) is 29.6 Å². The monoisotopic (exact) mass is 268 g/mol. The van der Waals surface area contributed by atoms with Crippen LogP contribution in [0, 0.1) is 5.82 Å². The molecule has 0 atom stereocenters. The first-order chi connectivity index (χ1) is 8.29. The van der Waals surface area contributed by atoms with E-state index in [9.17, 15) is 22.4 Å². The molecule has 0 saturated carbocycles. The highest BCUT2D eigenvalue weighted by molar-refractivity contribution is 5.90. The second-order valence-electron chi connectivity index (χ2n) is 3.17. The van der Waals surface area contributed by atoms with Gasteiger partial charge in [-0.15, -0.1) is 0 Å². The van der Waals surface area contributed by atoms with Gasteiger partial charge in [0.1, 0.15) is 23.7 Å². The van der Waals surface area contributed by atoms with Crippen molar-refractivity contribution in [1.82, 2.24) is 0 Å². The van der Waals surface area contributed by atoms with E-state index in [0.717, 1.165) is 12.1 Å². The fourth-order valence-corrected chi connectivity index (χ4v) is 1.06. The standard InChI is InChI=1S/C10H8F4O4/c11-6-1-2-8(7(3-6)9(15)16)18-5-17-4-10(12,13)14/h1-3H,4-5H2,(H,15,16). The Hall–Kier alpha value is -1.83. The van der Waals surface area contributed by atoms with Gasteiger partial charge in [-0.25, -0.2) is 9.18 Å². The van der Waals surface area contributed by atoms with Gasteiger partial charge in [-0.05, 0) is 18.2 Å². The maximum atomic E-state index is 12.8. The summed E-state index contributed by atoms with van der Waals surface area (Å²) in [6.45, 7) is -2.30. The minimum atomic E-state index is -4.50. The number of rotatable bonds is 5. The van der Waals surface area contributed by atoms with E-state index < -0.39 is 36.9 Å². The van der Waals surface area contributed by atoms with Gasteiger partial charge >= 0.3 is 12.1 Å². The van der Waals surface area contributed by atoms with E-state index in [-0.39, 0.29) is 5.75 Å². The SMILES string of the molecule is O=C(O)c1cc(F)ccc1OCOCC(F)(F)F. The molecule has 0 aliphatic rings. The van der Waals surface area contributed by atoms with Crippen LogP contribution in [0.3, 0.4) is 0 Å². The van der Waals surface area contributed by atoms with Crippen LogP contribution in [0.5, 0.6) is 5.75 Å². The van der Waals surface area contributed by atoms with Crippen LogP contribution in [0.4, 0.5) is 17.6 Å². The van der Waals surface area contributed by atoms with Crippen molar-refractivity contribution in [3.8, 4) is 5.75 Å². The van der Waals surface area contributed by atoms with Gasteiger partial charge in [0.25, 0.3) is 0 Å². The highest BCUT2D eigenvalue weighted by atomic mass is 19.4. The third-order valence-electron chi connectivity index (χ3n) is 1.74. The number of carboxylic acids is 1. The molecule has 8 heteroatoms. The van der Waals surface area contributed by atoms with E-state index in [0.29, 0.717) is 6.07 Å². The molecular weight excluding hydrogens is 260 g/mol. The van der Waals surface area contributed by atoms with Crippen molar-refractivity contribution in [2.75, 3.05) is 13.4 Å². The normalized spacial score (nSPS) is 11.3. The molecule has 1 N–H and O–H groups in total. The van der Waals surface area contributed by atoms with Crippen LogP contribution in [0.25, 0.3) is 0 Å². The molecule has 1 rings (SSSR count). The molecule has 1 aromatic carbocycles. The van der Waals surface area contributed by atoms with Gasteiger partial charge in [0.05, 0.1) is 0 Å². The smallest absolute Gasteiger partial charge is 0.411 e. The Morgan fingerprint density at radius 1 is 1.33 bits per heavy atom. The van der Waals surface area contributed by atoms with Crippen molar-refractivity contribution in [2.24, 2.45) is 0 Å². The zero-order chi connectivity index (χ0) is 13.8. The van der Waals surface area contributed by atoms with E-state index in [1.807, 2.05) is 0 Å². The first-order valence-corrected chi connectivity index (χ1v) is 4.60. The van der Waals surface area contributed by atoms with E-state index >= 15 is 0 Å². The third kappa shape index (κ3) is 4.58. The summed E-state index contributed by atoms with van der Waals surface area (Å²) in [6.07, 6.45) is -4.50. The number of aromatic carboxylic acids is 1. The number of hydrogen-bond donors (Lipinski definition) is 1. The Bertz CT molecular complexity index is 430. The number of hydrogen-bond acceptors (Lipinski definition) is 3. The number of alkyl halides is 3. The van der Waals surface area contributed by atoms with Crippen LogP contribution in [0.15, 0.2) is 18.2 Å². The predicted molar refractivity (Wildman–Crippen MR) is 50.9 cm³/mol. The van der Waals surface area contributed by atoms with Gasteiger partial charge in [0, 0.05) is 0 Å². The lowest BCUT2D eigenvalue weighted by atomic mass is 10.2. The highest BCUT2D eigenvalue weighted by Crippen LogP contribution is 2.20. The molecule has 18 heavy (non-hydrogen) atoms. The number of halogens is 4. The quantitative estimate of drug-likeness (QED) is 0.506. The summed E-state index contributed by atoms with van der Waals surface area (Å²) in [7, 11) is 0. The first-order valence-electron chi connectivity index (χ1n) is 4.60. The second kappa shape index (κ2) is 5.67. The number of benzene rings is 1. The van der Waals surface area contributed by atoms with Crippen LogP contribution < -0.4 is 4.74 Å². The van der Waals surface area contributed by atoms with E-state index in [4.69, 9.17) is 5.11 Å². The maximum absolute atomic E-state index is 12.8. The molecule has 1 aromatic rings. The Morgan fingerprint density at radius 2 is 2.00 bits per heavy atom. The van der Waals surface area contributed by atoms with E-state index in [2.05, 4.69) is 9.47 Å². The van der Waals surface area contributed by atoms with Crippen molar-refractivity contribution in [1.29, 1.82) is 0 Å². The van der Waals surface area contributed by atoms with E-state index in [1.54, 1.807) is 0 Å². The van der Waals surface area contributed by atoms with Crippen molar-refractivity contribution in [3.63, 3.8) is 0 Å². The first kappa shape index (κ1) is 14.2. The molecule has 0 aromatic heterocycles. The van der Waals surface area contributed by atoms with Crippen molar-refractivity contribution >= 4 is 5.97 Å². The fraction of sp³-hybridized carbons (Fsp3) is 0.300. The topological polar surface area (TPSA) is 55.8 Å². The maximum Gasteiger partial charge on any atom is 0.411 e. The summed E-state index contributed by atoms with van der Waals surface area (Å²) in [5.74, 6) is -2.53. The summed E-state index contributed by atoms with van der Waals surface area (Å²) < 4.78 is 56.7. The lowest BCUT2D eigenvalue weighted by Gasteiger charge is -2.10. The van der Waals surface area contributed by atoms with Crippen LogP contribution in [0.2, 0.25) is 0 Å². The van der Waals surface area contributed by atoms with Crippen LogP contribution in [-0.2, 0) is 4.74 Å². The average Bonchev–Trinajstić information content (AvgIpc) is 2.24. The lowest BCUT2D eigenvalue weighted by molar-refractivity contribution is -0.186. The zero-order valence-electron chi connectivity index (χ0n) is 8.83. The molecule has 0 aliphatic heterocycles. The largest absolute Gasteiger partial charge is 0.478 e. The average molecular weight is 268 g/mol. The molecule has 0 amide bonds. The number of carbonyl (C=O) groups is 1. The highest BCUT2D eigenvalue weighted by Gasteiger charge is 2.27. The Kier molecular flexibility index (Phi) is 4.49. The van der Waals surface area contributed by atoms with Gasteiger partial charge in [-0.1, -0.05) is 0 Å². The van der Waals surface area contributed by atoms with E-state index in [1.165, 1.54) is 0 Å². The zero-order valence-corrected chi connectivity index (χ0v) is 8.83. The number of carboxylic acid groups (broad SMARTS) is 1. The summed E-state index contributed by atoms with van der Waals surface area (Å²) in [5, 5.41) is 8.71. The number of ether oxygens (including phenoxy) is 2. The summed E-state index contributed by atoms with van der Waals surface area (Å²) in [6, 6.07) is 2.61. The molecule has 0 bridgehead atoms.